The van der Waals surface area contributed by atoms with Crippen LogP contribution in [0.4, 0.5) is 0 Å². The number of rotatable bonds is 3. The molecule has 3 heteroatoms. The highest BCUT2D eigenvalue weighted by Gasteiger charge is 2.10. The van der Waals surface area contributed by atoms with Crippen molar-refractivity contribution in [2.24, 2.45) is 0 Å². The molecule has 76 valence electrons. The minimum Gasteiger partial charge on any atom is -0.483 e. The number of aryl methyl sites for hydroxylation is 1. The van der Waals surface area contributed by atoms with Gasteiger partial charge in [-0.15, -0.1) is 0 Å². The van der Waals surface area contributed by atoms with Gasteiger partial charge in [-0.05, 0) is 38.5 Å². The van der Waals surface area contributed by atoms with E-state index < -0.39 is 0 Å². The van der Waals surface area contributed by atoms with Gasteiger partial charge in [-0.1, -0.05) is 22.0 Å². The van der Waals surface area contributed by atoms with Crippen LogP contribution in [0.1, 0.15) is 19.4 Å². The summed E-state index contributed by atoms with van der Waals surface area (Å²) in [5, 5.41) is 0. The van der Waals surface area contributed by atoms with Crippen molar-refractivity contribution in [1.82, 2.24) is 0 Å². The van der Waals surface area contributed by atoms with Gasteiger partial charge in [0.1, 0.15) is 5.75 Å². The number of ketones is 1. The second-order valence-corrected chi connectivity index (χ2v) is 4.20. The van der Waals surface area contributed by atoms with Crippen molar-refractivity contribution in [3.8, 4) is 5.75 Å². The van der Waals surface area contributed by atoms with Gasteiger partial charge < -0.3 is 4.74 Å². The molecule has 2 nitrogen and oxygen atoms in total. The van der Waals surface area contributed by atoms with Crippen molar-refractivity contribution < 1.29 is 9.53 Å². The summed E-state index contributed by atoms with van der Waals surface area (Å²) in [4.78, 5) is 11.0. The van der Waals surface area contributed by atoms with Gasteiger partial charge in [0, 0.05) is 4.47 Å². The quantitative estimate of drug-likeness (QED) is 0.831. The van der Waals surface area contributed by atoms with E-state index in [1.165, 1.54) is 6.92 Å². The normalized spacial score (nSPS) is 12.3. The molecule has 0 spiro atoms. The number of hydrogen-bond acceptors (Lipinski definition) is 2. The molecular weight excluding hydrogens is 244 g/mol. The van der Waals surface area contributed by atoms with Gasteiger partial charge in [0.25, 0.3) is 0 Å². The molecule has 0 saturated carbocycles. The minimum absolute atomic E-state index is 0.0318. The summed E-state index contributed by atoms with van der Waals surface area (Å²) in [5.41, 5.74) is 1.03. The van der Waals surface area contributed by atoms with E-state index in [9.17, 15) is 4.79 Å². The molecule has 14 heavy (non-hydrogen) atoms. The van der Waals surface area contributed by atoms with Crippen molar-refractivity contribution in [2.45, 2.75) is 26.9 Å². The Balaban J connectivity index is 2.85. The van der Waals surface area contributed by atoms with E-state index in [0.717, 1.165) is 15.8 Å². The first-order valence-corrected chi connectivity index (χ1v) is 5.23. The summed E-state index contributed by atoms with van der Waals surface area (Å²) in [7, 11) is 0. The standard InChI is InChI=1S/C11H13BrO2/c1-7-4-5-10(12)6-11(7)14-9(3)8(2)13/h4-6,9H,1-3H3. The van der Waals surface area contributed by atoms with E-state index >= 15 is 0 Å². The van der Waals surface area contributed by atoms with Crippen LogP contribution in [0.5, 0.6) is 5.75 Å². The van der Waals surface area contributed by atoms with Crippen LogP contribution in [-0.4, -0.2) is 11.9 Å². The average molecular weight is 257 g/mol. The minimum atomic E-state index is -0.386. The van der Waals surface area contributed by atoms with Crippen molar-refractivity contribution in [3.05, 3.63) is 28.2 Å². The molecule has 1 rings (SSSR count). The molecule has 0 bridgehead atoms. The van der Waals surface area contributed by atoms with E-state index in [-0.39, 0.29) is 11.9 Å². The summed E-state index contributed by atoms with van der Waals surface area (Å²) in [5.74, 6) is 0.784. The van der Waals surface area contributed by atoms with E-state index in [1.807, 2.05) is 25.1 Å². The number of halogens is 1. The Morgan fingerprint density at radius 1 is 1.50 bits per heavy atom. The highest BCUT2D eigenvalue weighted by molar-refractivity contribution is 9.10. The number of carbonyl (C=O) groups excluding carboxylic acids is 1. The summed E-state index contributed by atoms with van der Waals surface area (Å²) in [6.45, 7) is 5.23. The van der Waals surface area contributed by atoms with Crippen LogP contribution in [-0.2, 0) is 4.79 Å². The summed E-state index contributed by atoms with van der Waals surface area (Å²) >= 11 is 3.36. The number of Topliss-reactive ketones (excluding diaryl/α,β-unsaturated/α-hetero) is 1. The van der Waals surface area contributed by atoms with Crippen LogP contribution in [0.15, 0.2) is 22.7 Å². The Kier molecular flexibility index (Phi) is 3.69. The van der Waals surface area contributed by atoms with Crippen LogP contribution >= 0.6 is 15.9 Å². The van der Waals surface area contributed by atoms with Gasteiger partial charge in [0.05, 0.1) is 0 Å². The Morgan fingerprint density at radius 2 is 2.14 bits per heavy atom. The number of hydrogen-bond donors (Lipinski definition) is 0. The Bertz CT molecular complexity index is 347. The van der Waals surface area contributed by atoms with Crippen LogP contribution in [0.25, 0.3) is 0 Å². The number of ether oxygens (including phenoxy) is 1. The SMILES string of the molecule is CC(=O)C(C)Oc1cc(Br)ccc1C. The topological polar surface area (TPSA) is 26.3 Å². The zero-order chi connectivity index (χ0) is 10.7. The average Bonchev–Trinajstić information content (AvgIpc) is 2.11. The third-order valence-electron chi connectivity index (χ3n) is 2.03. The third kappa shape index (κ3) is 2.84. The van der Waals surface area contributed by atoms with Gasteiger partial charge in [-0.2, -0.15) is 0 Å². The van der Waals surface area contributed by atoms with E-state index in [0.29, 0.717) is 0 Å². The highest BCUT2D eigenvalue weighted by atomic mass is 79.9. The largest absolute Gasteiger partial charge is 0.483 e. The summed E-state index contributed by atoms with van der Waals surface area (Å²) < 4.78 is 6.46. The molecule has 0 aliphatic heterocycles. The van der Waals surface area contributed by atoms with Gasteiger partial charge in [0.2, 0.25) is 0 Å². The fourth-order valence-electron chi connectivity index (χ4n) is 0.974. The first-order valence-electron chi connectivity index (χ1n) is 4.44. The zero-order valence-electron chi connectivity index (χ0n) is 8.50. The first-order chi connectivity index (χ1) is 6.50. The van der Waals surface area contributed by atoms with Crippen LogP contribution in [0.2, 0.25) is 0 Å². The molecule has 0 fully saturated rings. The predicted octanol–water partition coefficient (Wildman–Crippen LogP) is 3.11. The second kappa shape index (κ2) is 4.60. The molecule has 1 aromatic carbocycles. The fraction of sp³-hybridized carbons (Fsp3) is 0.364. The molecule has 1 aromatic rings. The maximum absolute atomic E-state index is 11.0. The molecule has 0 radical (unpaired) electrons. The fourth-order valence-corrected chi connectivity index (χ4v) is 1.31. The van der Waals surface area contributed by atoms with Gasteiger partial charge in [-0.3, -0.25) is 4.79 Å². The lowest BCUT2D eigenvalue weighted by atomic mass is 10.2. The lowest BCUT2D eigenvalue weighted by Gasteiger charge is -2.13. The number of benzene rings is 1. The summed E-state index contributed by atoms with van der Waals surface area (Å²) in [6, 6.07) is 5.77. The van der Waals surface area contributed by atoms with Gasteiger partial charge >= 0.3 is 0 Å². The molecule has 1 atom stereocenters. The van der Waals surface area contributed by atoms with Crippen molar-refractivity contribution in [3.63, 3.8) is 0 Å². The lowest BCUT2D eigenvalue weighted by molar-refractivity contribution is -0.122. The zero-order valence-corrected chi connectivity index (χ0v) is 10.1. The second-order valence-electron chi connectivity index (χ2n) is 3.28. The maximum atomic E-state index is 11.0. The molecule has 0 N–H and O–H groups in total. The lowest BCUT2D eigenvalue weighted by Crippen LogP contribution is -2.21. The molecule has 0 saturated heterocycles. The first kappa shape index (κ1) is 11.2. The molecule has 0 heterocycles. The predicted molar refractivity (Wildman–Crippen MR) is 59.7 cm³/mol. The summed E-state index contributed by atoms with van der Waals surface area (Å²) in [6.07, 6.45) is -0.386. The molecule has 0 aromatic heterocycles. The van der Waals surface area contributed by atoms with Gasteiger partial charge in [0.15, 0.2) is 11.9 Å². The Morgan fingerprint density at radius 3 is 2.71 bits per heavy atom. The molecule has 0 aliphatic carbocycles. The van der Waals surface area contributed by atoms with Crippen LogP contribution in [0.3, 0.4) is 0 Å². The van der Waals surface area contributed by atoms with Crippen molar-refractivity contribution >= 4 is 21.7 Å². The van der Waals surface area contributed by atoms with Gasteiger partial charge in [-0.25, -0.2) is 0 Å². The molecule has 0 amide bonds. The molecule has 0 aliphatic rings. The maximum Gasteiger partial charge on any atom is 0.169 e. The third-order valence-corrected chi connectivity index (χ3v) is 2.52. The van der Waals surface area contributed by atoms with E-state index in [4.69, 9.17) is 4.74 Å². The Hall–Kier alpha value is -0.830. The van der Waals surface area contributed by atoms with E-state index in [2.05, 4.69) is 15.9 Å². The van der Waals surface area contributed by atoms with Crippen LogP contribution < -0.4 is 4.74 Å². The molecule has 1 unspecified atom stereocenters. The number of carbonyl (C=O) groups is 1. The van der Waals surface area contributed by atoms with Crippen LogP contribution in [0, 0.1) is 6.92 Å². The Labute approximate surface area is 92.4 Å². The van der Waals surface area contributed by atoms with E-state index in [1.54, 1.807) is 6.92 Å². The monoisotopic (exact) mass is 256 g/mol. The molecular formula is C11H13BrO2. The smallest absolute Gasteiger partial charge is 0.169 e. The van der Waals surface area contributed by atoms with Crippen molar-refractivity contribution in [1.29, 1.82) is 0 Å². The van der Waals surface area contributed by atoms with Crippen molar-refractivity contribution in [2.75, 3.05) is 0 Å². The highest BCUT2D eigenvalue weighted by Crippen LogP contribution is 2.23.